The number of amides is 2. The van der Waals surface area contributed by atoms with Crippen molar-refractivity contribution in [2.24, 2.45) is 0 Å². The molecule has 0 bridgehead atoms. The molecule has 1 aliphatic heterocycles. The highest BCUT2D eigenvalue weighted by Gasteiger charge is 2.25. The third kappa shape index (κ3) is 4.31. The van der Waals surface area contributed by atoms with Crippen molar-refractivity contribution in [1.29, 1.82) is 0 Å². The minimum atomic E-state index is -0.0656. The molecule has 0 spiro atoms. The molecule has 150 valence electrons. The van der Waals surface area contributed by atoms with Gasteiger partial charge in [0.1, 0.15) is 5.75 Å². The minimum Gasteiger partial charge on any atom is -0.483 e. The number of carbonyl (C=O) groups is 2. The fourth-order valence-electron chi connectivity index (χ4n) is 3.42. The molecule has 2 heterocycles. The van der Waals surface area contributed by atoms with E-state index in [1.54, 1.807) is 4.90 Å². The number of nitrogens with zero attached hydrogens (tertiary/aromatic N) is 2. The zero-order valence-electron chi connectivity index (χ0n) is 16.1. The van der Waals surface area contributed by atoms with Crippen molar-refractivity contribution in [2.45, 2.75) is 6.92 Å². The molecule has 7 heteroatoms. The van der Waals surface area contributed by atoms with Crippen LogP contribution in [0, 0.1) is 6.92 Å². The second kappa shape index (κ2) is 8.55. The van der Waals surface area contributed by atoms with E-state index in [0.29, 0.717) is 31.9 Å². The van der Waals surface area contributed by atoms with Crippen molar-refractivity contribution >= 4 is 49.9 Å². The largest absolute Gasteiger partial charge is 0.483 e. The summed E-state index contributed by atoms with van der Waals surface area (Å²) >= 11 is 5.09. The van der Waals surface area contributed by atoms with E-state index in [1.165, 1.54) is 11.3 Å². The van der Waals surface area contributed by atoms with Crippen LogP contribution in [0.4, 0.5) is 0 Å². The first-order chi connectivity index (χ1) is 14.0. The SMILES string of the molecule is Cc1ccc(C(=O)N2CCN(C(=O)COc3ccc4ccccc4c3Br)CC2)s1. The van der Waals surface area contributed by atoms with E-state index in [-0.39, 0.29) is 18.4 Å². The van der Waals surface area contributed by atoms with Crippen LogP contribution < -0.4 is 4.74 Å². The number of piperazine rings is 1. The topological polar surface area (TPSA) is 49.9 Å². The van der Waals surface area contributed by atoms with Crippen LogP contribution in [0.3, 0.4) is 0 Å². The van der Waals surface area contributed by atoms with Gasteiger partial charge in [0.25, 0.3) is 11.8 Å². The first kappa shape index (κ1) is 19.9. The molecule has 0 radical (unpaired) electrons. The number of benzene rings is 2. The number of hydrogen-bond acceptors (Lipinski definition) is 4. The van der Waals surface area contributed by atoms with Gasteiger partial charge in [-0.05, 0) is 51.8 Å². The lowest BCUT2D eigenvalue weighted by Gasteiger charge is -2.34. The van der Waals surface area contributed by atoms with E-state index in [9.17, 15) is 9.59 Å². The fourth-order valence-corrected chi connectivity index (χ4v) is 4.86. The maximum Gasteiger partial charge on any atom is 0.264 e. The Balaban J connectivity index is 1.32. The Bertz CT molecular complexity index is 1060. The minimum absolute atomic E-state index is 0.0188. The summed E-state index contributed by atoms with van der Waals surface area (Å²) in [5, 5.41) is 2.16. The van der Waals surface area contributed by atoms with Crippen LogP contribution in [0.1, 0.15) is 14.5 Å². The van der Waals surface area contributed by atoms with Gasteiger partial charge in [-0.1, -0.05) is 30.3 Å². The van der Waals surface area contributed by atoms with Crippen molar-refractivity contribution in [2.75, 3.05) is 32.8 Å². The highest BCUT2D eigenvalue weighted by atomic mass is 79.9. The Morgan fingerprint density at radius 2 is 1.72 bits per heavy atom. The quantitative estimate of drug-likeness (QED) is 0.567. The summed E-state index contributed by atoms with van der Waals surface area (Å²) in [7, 11) is 0. The standard InChI is InChI=1S/C22H21BrN2O3S/c1-15-6-9-19(29-15)22(27)25-12-10-24(11-13-25)20(26)14-28-18-8-7-16-4-2-3-5-17(16)21(18)23/h2-9H,10-14H2,1H3. The summed E-state index contributed by atoms with van der Waals surface area (Å²) in [6.07, 6.45) is 0. The molecule has 1 aromatic heterocycles. The normalized spacial score (nSPS) is 14.3. The van der Waals surface area contributed by atoms with Crippen LogP contribution in [0.5, 0.6) is 5.75 Å². The lowest BCUT2D eigenvalue weighted by molar-refractivity contribution is -0.134. The molecule has 0 unspecified atom stereocenters. The van der Waals surface area contributed by atoms with Gasteiger partial charge in [-0.15, -0.1) is 11.3 Å². The third-order valence-electron chi connectivity index (χ3n) is 5.05. The molecule has 3 aromatic rings. The van der Waals surface area contributed by atoms with E-state index in [4.69, 9.17) is 4.74 Å². The molecule has 4 rings (SSSR count). The van der Waals surface area contributed by atoms with E-state index in [1.807, 2.05) is 60.4 Å². The second-order valence-electron chi connectivity index (χ2n) is 6.97. The molecule has 2 aromatic carbocycles. The van der Waals surface area contributed by atoms with Crippen molar-refractivity contribution in [3.05, 3.63) is 62.8 Å². The zero-order chi connectivity index (χ0) is 20.4. The van der Waals surface area contributed by atoms with Crippen LogP contribution in [0.25, 0.3) is 10.8 Å². The number of halogens is 1. The number of thiophene rings is 1. The van der Waals surface area contributed by atoms with Crippen molar-refractivity contribution in [3.8, 4) is 5.75 Å². The third-order valence-corrected chi connectivity index (χ3v) is 6.86. The average Bonchev–Trinajstić information content (AvgIpc) is 3.19. The highest BCUT2D eigenvalue weighted by Crippen LogP contribution is 2.33. The molecule has 0 aliphatic carbocycles. The summed E-state index contributed by atoms with van der Waals surface area (Å²) in [5.74, 6) is 0.634. The van der Waals surface area contributed by atoms with E-state index in [2.05, 4.69) is 15.9 Å². The predicted molar refractivity (Wildman–Crippen MR) is 119 cm³/mol. The number of carbonyl (C=O) groups excluding carboxylic acids is 2. The molecule has 1 saturated heterocycles. The molecule has 29 heavy (non-hydrogen) atoms. The molecule has 0 atom stereocenters. The summed E-state index contributed by atoms with van der Waals surface area (Å²) in [6, 6.07) is 15.7. The lowest BCUT2D eigenvalue weighted by atomic mass is 10.1. The zero-order valence-corrected chi connectivity index (χ0v) is 18.5. The highest BCUT2D eigenvalue weighted by molar-refractivity contribution is 9.10. The van der Waals surface area contributed by atoms with Gasteiger partial charge >= 0.3 is 0 Å². The predicted octanol–water partition coefficient (Wildman–Crippen LogP) is 4.34. The molecule has 5 nitrogen and oxygen atoms in total. The maximum absolute atomic E-state index is 12.6. The molecule has 2 amide bonds. The van der Waals surface area contributed by atoms with Gasteiger partial charge in [0.05, 0.1) is 9.35 Å². The van der Waals surface area contributed by atoms with Crippen LogP contribution in [-0.2, 0) is 4.79 Å². The van der Waals surface area contributed by atoms with Gasteiger partial charge in [-0.25, -0.2) is 0 Å². The van der Waals surface area contributed by atoms with Gasteiger partial charge in [-0.2, -0.15) is 0 Å². The first-order valence-corrected chi connectivity index (χ1v) is 11.1. The van der Waals surface area contributed by atoms with Gasteiger partial charge < -0.3 is 14.5 Å². The van der Waals surface area contributed by atoms with E-state index < -0.39 is 0 Å². The maximum atomic E-state index is 12.6. The van der Waals surface area contributed by atoms with Gasteiger partial charge in [0.15, 0.2) is 6.61 Å². The lowest BCUT2D eigenvalue weighted by Crippen LogP contribution is -2.51. The molecular weight excluding hydrogens is 452 g/mol. The number of ether oxygens (including phenoxy) is 1. The Morgan fingerprint density at radius 1 is 1.00 bits per heavy atom. The van der Waals surface area contributed by atoms with Gasteiger partial charge in [0, 0.05) is 31.1 Å². The first-order valence-electron chi connectivity index (χ1n) is 9.46. The Morgan fingerprint density at radius 3 is 2.45 bits per heavy atom. The molecule has 0 saturated carbocycles. The van der Waals surface area contributed by atoms with E-state index >= 15 is 0 Å². The molecule has 1 fully saturated rings. The molecular formula is C22H21BrN2O3S. The van der Waals surface area contributed by atoms with E-state index in [0.717, 1.165) is 25.0 Å². The number of aryl methyl sites for hydroxylation is 1. The average molecular weight is 473 g/mol. The summed E-state index contributed by atoms with van der Waals surface area (Å²) < 4.78 is 6.64. The monoisotopic (exact) mass is 472 g/mol. The number of rotatable bonds is 4. The summed E-state index contributed by atoms with van der Waals surface area (Å²) in [6.45, 7) is 4.11. The summed E-state index contributed by atoms with van der Waals surface area (Å²) in [4.78, 5) is 30.6. The number of hydrogen-bond donors (Lipinski definition) is 0. The van der Waals surface area contributed by atoms with Crippen molar-refractivity contribution in [1.82, 2.24) is 9.80 Å². The smallest absolute Gasteiger partial charge is 0.264 e. The van der Waals surface area contributed by atoms with Crippen LogP contribution in [-0.4, -0.2) is 54.4 Å². The van der Waals surface area contributed by atoms with Crippen LogP contribution >= 0.6 is 27.3 Å². The van der Waals surface area contributed by atoms with Crippen LogP contribution in [0.15, 0.2) is 53.0 Å². The fraction of sp³-hybridized carbons (Fsp3) is 0.273. The van der Waals surface area contributed by atoms with Gasteiger partial charge in [-0.3, -0.25) is 9.59 Å². The van der Waals surface area contributed by atoms with Crippen molar-refractivity contribution < 1.29 is 14.3 Å². The Kier molecular flexibility index (Phi) is 5.87. The van der Waals surface area contributed by atoms with Crippen molar-refractivity contribution in [3.63, 3.8) is 0 Å². The number of fused-ring (bicyclic) bond motifs is 1. The second-order valence-corrected chi connectivity index (χ2v) is 9.05. The molecule has 1 aliphatic rings. The Labute approximate surface area is 182 Å². The summed E-state index contributed by atoms with van der Waals surface area (Å²) in [5.41, 5.74) is 0. The van der Waals surface area contributed by atoms with Gasteiger partial charge in [0.2, 0.25) is 0 Å². The van der Waals surface area contributed by atoms with Crippen LogP contribution in [0.2, 0.25) is 0 Å². The Hall–Kier alpha value is -2.38. The molecule has 0 N–H and O–H groups in total.